The fourth-order valence-electron chi connectivity index (χ4n) is 2.09. The quantitative estimate of drug-likeness (QED) is 0.846. The summed E-state index contributed by atoms with van der Waals surface area (Å²) in [5.74, 6) is 0.179. The molecule has 0 amide bonds. The first-order valence-corrected chi connectivity index (χ1v) is 6.05. The van der Waals surface area contributed by atoms with E-state index in [4.69, 9.17) is 9.52 Å². The summed E-state index contributed by atoms with van der Waals surface area (Å²) in [6.45, 7) is 0. The standard InChI is InChI=1S/C15H16O3/c16-15(17)11-13(12-5-2-1-3-6-12)8-9-14-7-4-10-18-14/h1-7,10,13H,8-9,11H2,(H,16,17). The molecule has 1 atom stereocenters. The van der Waals surface area contributed by atoms with E-state index in [-0.39, 0.29) is 12.3 Å². The van der Waals surface area contributed by atoms with Crippen molar-refractivity contribution in [2.24, 2.45) is 0 Å². The van der Waals surface area contributed by atoms with E-state index in [1.165, 1.54) is 0 Å². The van der Waals surface area contributed by atoms with Gasteiger partial charge in [0.15, 0.2) is 0 Å². The van der Waals surface area contributed by atoms with Crippen LogP contribution in [0.2, 0.25) is 0 Å². The van der Waals surface area contributed by atoms with Gasteiger partial charge in [-0.05, 0) is 30.0 Å². The highest BCUT2D eigenvalue weighted by Crippen LogP contribution is 2.25. The maximum absolute atomic E-state index is 10.9. The topological polar surface area (TPSA) is 50.4 Å². The van der Waals surface area contributed by atoms with Gasteiger partial charge in [0.25, 0.3) is 0 Å². The molecule has 3 nitrogen and oxygen atoms in total. The summed E-state index contributed by atoms with van der Waals surface area (Å²) in [6, 6.07) is 13.6. The lowest BCUT2D eigenvalue weighted by atomic mass is 9.91. The van der Waals surface area contributed by atoms with Gasteiger partial charge in [0.05, 0.1) is 12.7 Å². The van der Waals surface area contributed by atoms with Crippen molar-refractivity contribution in [3.63, 3.8) is 0 Å². The molecule has 0 saturated carbocycles. The molecule has 2 aromatic rings. The monoisotopic (exact) mass is 244 g/mol. The summed E-state index contributed by atoms with van der Waals surface area (Å²) in [4.78, 5) is 10.9. The molecule has 2 rings (SSSR count). The minimum absolute atomic E-state index is 0.0359. The Morgan fingerprint density at radius 2 is 1.94 bits per heavy atom. The minimum Gasteiger partial charge on any atom is -0.481 e. The summed E-state index contributed by atoms with van der Waals surface area (Å²) in [6.07, 6.45) is 3.35. The van der Waals surface area contributed by atoms with Crippen molar-refractivity contribution >= 4 is 5.97 Å². The van der Waals surface area contributed by atoms with Crippen LogP contribution in [0.4, 0.5) is 0 Å². The van der Waals surface area contributed by atoms with Crippen LogP contribution in [0.1, 0.15) is 30.1 Å². The summed E-state index contributed by atoms with van der Waals surface area (Å²) in [5, 5.41) is 8.98. The Morgan fingerprint density at radius 3 is 2.56 bits per heavy atom. The van der Waals surface area contributed by atoms with E-state index in [1.54, 1.807) is 6.26 Å². The van der Waals surface area contributed by atoms with Crippen LogP contribution >= 0.6 is 0 Å². The van der Waals surface area contributed by atoms with Crippen molar-refractivity contribution in [1.82, 2.24) is 0 Å². The molecule has 1 aromatic carbocycles. The highest BCUT2D eigenvalue weighted by atomic mass is 16.4. The number of benzene rings is 1. The predicted molar refractivity (Wildman–Crippen MR) is 68.5 cm³/mol. The number of hydrogen-bond acceptors (Lipinski definition) is 2. The van der Waals surface area contributed by atoms with Crippen LogP contribution in [0.5, 0.6) is 0 Å². The summed E-state index contributed by atoms with van der Waals surface area (Å²) >= 11 is 0. The van der Waals surface area contributed by atoms with Gasteiger partial charge in [-0.15, -0.1) is 0 Å². The van der Waals surface area contributed by atoms with E-state index in [9.17, 15) is 4.79 Å². The fraction of sp³-hybridized carbons (Fsp3) is 0.267. The average Bonchev–Trinajstić information content (AvgIpc) is 2.88. The first-order valence-electron chi connectivity index (χ1n) is 6.05. The zero-order valence-electron chi connectivity index (χ0n) is 10.1. The van der Waals surface area contributed by atoms with Crippen LogP contribution in [0, 0.1) is 0 Å². The Labute approximate surface area is 106 Å². The third kappa shape index (κ3) is 3.48. The molecule has 0 aliphatic carbocycles. The van der Waals surface area contributed by atoms with E-state index in [2.05, 4.69) is 0 Å². The molecule has 0 bridgehead atoms. The molecule has 1 aromatic heterocycles. The number of rotatable bonds is 6. The van der Waals surface area contributed by atoms with Crippen LogP contribution in [0.25, 0.3) is 0 Å². The van der Waals surface area contributed by atoms with E-state index in [1.807, 2.05) is 42.5 Å². The average molecular weight is 244 g/mol. The molecule has 0 aliphatic heterocycles. The molecular weight excluding hydrogens is 228 g/mol. The normalized spacial score (nSPS) is 12.2. The first-order chi connectivity index (χ1) is 8.75. The van der Waals surface area contributed by atoms with Crippen LogP contribution in [-0.2, 0) is 11.2 Å². The lowest BCUT2D eigenvalue weighted by Gasteiger charge is -2.14. The van der Waals surface area contributed by atoms with Crippen LogP contribution in [-0.4, -0.2) is 11.1 Å². The largest absolute Gasteiger partial charge is 0.481 e. The molecule has 18 heavy (non-hydrogen) atoms. The van der Waals surface area contributed by atoms with Crippen LogP contribution in [0.3, 0.4) is 0 Å². The molecule has 3 heteroatoms. The highest BCUT2D eigenvalue weighted by molar-refractivity contribution is 5.68. The molecule has 1 N–H and O–H groups in total. The molecule has 0 aliphatic rings. The van der Waals surface area contributed by atoms with Gasteiger partial charge in [0.1, 0.15) is 5.76 Å². The van der Waals surface area contributed by atoms with E-state index in [0.29, 0.717) is 0 Å². The van der Waals surface area contributed by atoms with Gasteiger partial charge in [0, 0.05) is 6.42 Å². The molecule has 0 fully saturated rings. The van der Waals surface area contributed by atoms with Crippen LogP contribution in [0.15, 0.2) is 53.1 Å². The lowest BCUT2D eigenvalue weighted by Crippen LogP contribution is -2.07. The van der Waals surface area contributed by atoms with Gasteiger partial charge < -0.3 is 9.52 Å². The van der Waals surface area contributed by atoms with Gasteiger partial charge in [-0.1, -0.05) is 30.3 Å². The van der Waals surface area contributed by atoms with Gasteiger partial charge in [-0.25, -0.2) is 0 Å². The number of furan rings is 1. The SMILES string of the molecule is O=C(O)CC(CCc1ccco1)c1ccccc1. The summed E-state index contributed by atoms with van der Waals surface area (Å²) in [5.41, 5.74) is 1.08. The minimum atomic E-state index is -0.761. The van der Waals surface area contributed by atoms with Gasteiger partial charge in [0.2, 0.25) is 0 Å². The maximum atomic E-state index is 10.9. The zero-order chi connectivity index (χ0) is 12.8. The molecule has 0 saturated heterocycles. The maximum Gasteiger partial charge on any atom is 0.303 e. The van der Waals surface area contributed by atoms with Crippen LogP contribution < -0.4 is 0 Å². The number of aryl methyl sites for hydroxylation is 1. The Kier molecular flexibility index (Phi) is 4.18. The predicted octanol–water partition coefficient (Wildman–Crippen LogP) is 3.47. The molecule has 1 unspecified atom stereocenters. The van der Waals surface area contributed by atoms with E-state index < -0.39 is 5.97 Å². The third-order valence-electron chi connectivity index (χ3n) is 3.01. The second-order valence-corrected chi connectivity index (χ2v) is 4.32. The zero-order valence-corrected chi connectivity index (χ0v) is 10.1. The first kappa shape index (κ1) is 12.4. The third-order valence-corrected chi connectivity index (χ3v) is 3.01. The number of carboxylic acid groups (broad SMARTS) is 1. The second-order valence-electron chi connectivity index (χ2n) is 4.32. The van der Waals surface area contributed by atoms with Crippen molar-refractivity contribution in [2.75, 3.05) is 0 Å². The number of carbonyl (C=O) groups is 1. The Morgan fingerprint density at radius 1 is 1.17 bits per heavy atom. The number of carboxylic acids is 1. The number of aliphatic carboxylic acids is 1. The summed E-state index contributed by atoms with van der Waals surface area (Å²) < 4.78 is 5.28. The van der Waals surface area contributed by atoms with E-state index >= 15 is 0 Å². The Balaban J connectivity index is 2.03. The molecule has 1 heterocycles. The van der Waals surface area contributed by atoms with Crippen molar-refractivity contribution < 1.29 is 14.3 Å². The Hall–Kier alpha value is -2.03. The second kappa shape index (κ2) is 6.05. The van der Waals surface area contributed by atoms with E-state index in [0.717, 1.165) is 24.2 Å². The van der Waals surface area contributed by atoms with Crippen molar-refractivity contribution in [2.45, 2.75) is 25.2 Å². The van der Waals surface area contributed by atoms with Crippen molar-refractivity contribution in [3.8, 4) is 0 Å². The molecular formula is C15H16O3. The fourth-order valence-corrected chi connectivity index (χ4v) is 2.09. The van der Waals surface area contributed by atoms with Gasteiger partial charge >= 0.3 is 5.97 Å². The van der Waals surface area contributed by atoms with Crippen molar-refractivity contribution in [1.29, 1.82) is 0 Å². The molecule has 0 radical (unpaired) electrons. The lowest BCUT2D eigenvalue weighted by molar-refractivity contribution is -0.137. The number of hydrogen-bond donors (Lipinski definition) is 1. The summed E-state index contributed by atoms with van der Waals surface area (Å²) in [7, 11) is 0. The van der Waals surface area contributed by atoms with Crippen molar-refractivity contribution in [3.05, 3.63) is 60.1 Å². The van der Waals surface area contributed by atoms with Gasteiger partial charge in [-0.2, -0.15) is 0 Å². The molecule has 94 valence electrons. The highest BCUT2D eigenvalue weighted by Gasteiger charge is 2.15. The smallest absolute Gasteiger partial charge is 0.303 e. The molecule has 0 spiro atoms. The Bertz CT molecular complexity index is 474. The van der Waals surface area contributed by atoms with Gasteiger partial charge in [-0.3, -0.25) is 4.79 Å².